The fourth-order valence-electron chi connectivity index (χ4n) is 2.06. The van der Waals surface area contributed by atoms with Crippen molar-refractivity contribution in [3.63, 3.8) is 0 Å². The van der Waals surface area contributed by atoms with Gasteiger partial charge in [-0.3, -0.25) is 4.79 Å². The third-order valence-corrected chi connectivity index (χ3v) is 2.82. The molecule has 1 aliphatic heterocycles. The van der Waals surface area contributed by atoms with Crippen molar-refractivity contribution in [2.45, 2.75) is 6.92 Å². The number of carbonyl (C=O) groups excluding carboxylic acids is 2. The van der Waals surface area contributed by atoms with Crippen LogP contribution < -0.4 is 4.90 Å². The topological polar surface area (TPSA) is 46.6 Å². The summed E-state index contributed by atoms with van der Waals surface area (Å²) in [6.45, 7) is 6.07. The molecule has 1 aliphatic rings. The number of carbonyl (C=O) groups is 2. The van der Waals surface area contributed by atoms with E-state index in [0.717, 1.165) is 11.3 Å². The van der Waals surface area contributed by atoms with Crippen LogP contribution in [0.25, 0.3) is 5.57 Å². The molecular formula is C15H15NO3. The first-order valence-electron chi connectivity index (χ1n) is 6.09. The molecule has 0 aromatic heterocycles. The number of hydrogen-bond acceptors (Lipinski definition) is 3. The monoisotopic (exact) mass is 257 g/mol. The largest absolute Gasteiger partial charge is 0.463 e. The molecule has 0 N–H and O–H groups in total. The van der Waals surface area contributed by atoms with Gasteiger partial charge in [-0.25, -0.2) is 4.79 Å². The van der Waals surface area contributed by atoms with E-state index in [-0.39, 0.29) is 12.5 Å². The molecule has 0 saturated heterocycles. The number of rotatable bonds is 4. The van der Waals surface area contributed by atoms with Gasteiger partial charge < -0.3 is 9.64 Å². The second kappa shape index (κ2) is 5.52. The second-order valence-electron chi connectivity index (χ2n) is 4.03. The fourth-order valence-corrected chi connectivity index (χ4v) is 2.06. The van der Waals surface area contributed by atoms with Crippen molar-refractivity contribution in [3.8, 4) is 0 Å². The molecule has 1 aromatic carbocycles. The molecule has 2 rings (SSSR count). The van der Waals surface area contributed by atoms with Gasteiger partial charge in [0.15, 0.2) is 0 Å². The van der Waals surface area contributed by atoms with Crippen molar-refractivity contribution in [3.05, 3.63) is 48.6 Å². The van der Waals surface area contributed by atoms with Gasteiger partial charge in [0, 0.05) is 18.2 Å². The van der Waals surface area contributed by atoms with E-state index in [1.54, 1.807) is 17.9 Å². The highest BCUT2D eigenvalue weighted by Crippen LogP contribution is 2.36. The van der Waals surface area contributed by atoms with Crippen LogP contribution in [-0.4, -0.2) is 25.0 Å². The molecule has 0 bridgehead atoms. The SMILES string of the molecule is C=CCN1C(=O)/C(=C/C(=O)OCC)c2ccccc21. The molecule has 0 saturated carbocycles. The van der Waals surface area contributed by atoms with Crippen molar-refractivity contribution in [1.82, 2.24) is 0 Å². The molecule has 0 radical (unpaired) electrons. The van der Waals surface area contributed by atoms with Crippen LogP contribution in [0.3, 0.4) is 0 Å². The van der Waals surface area contributed by atoms with E-state index in [9.17, 15) is 9.59 Å². The average Bonchev–Trinajstić information content (AvgIpc) is 2.66. The smallest absolute Gasteiger partial charge is 0.331 e. The maximum absolute atomic E-state index is 12.3. The maximum atomic E-state index is 12.3. The van der Waals surface area contributed by atoms with Gasteiger partial charge in [0.25, 0.3) is 5.91 Å². The van der Waals surface area contributed by atoms with Gasteiger partial charge in [-0.2, -0.15) is 0 Å². The second-order valence-corrected chi connectivity index (χ2v) is 4.03. The highest BCUT2D eigenvalue weighted by molar-refractivity contribution is 6.34. The van der Waals surface area contributed by atoms with E-state index in [4.69, 9.17) is 4.74 Å². The molecular weight excluding hydrogens is 242 g/mol. The number of nitrogens with zero attached hydrogens (tertiary/aromatic N) is 1. The minimum Gasteiger partial charge on any atom is -0.463 e. The first kappa shape index (κ1) is 13.1. The van der Waals surface area contributed by atoms with E-state index >= 15 is 0 Å². The van der Waals surface area contributed by atoms with E-state index in [1.165, 1.54) is 6.08 Å². The number of fused-ring (bicyclic) bond motifs is 1. The molecule has 0 aliphatic carbocycles. The Morgan fingerprint density at radius 1 is 1.42 bits per heavy atom. The van der Waals surface area contributed by atoms with Crippen molar-refractivity contribution in [2.24, 2.45) is 0 Å². The number of benzene rings is 1. The molecule has 0 unspecified atom stereocenters. The molecule has 0 spiro atoms. The van der Waals surface area contributed by atoms with Crippen LogP contribution in [0.2, 0.25) is 0 Å². The van der Waals surface area contributed by atoms with Crippen molar-refractivity contribution in [1.29, 1.82) is 0 Å². The predicted molar refractivity (Wildman–Crippen MR) is 73.6 cm³/mol. The Labute approximate surface area is 112 Å². The molecule has 19 heavy (non-hydrogen) atoms. The first-order chi connectivity index (χ1) is 9.19. The van der Waals surface area contributed by atoms with Crippen LogP contribution >= 0.6 is 0 Å². The van der Waals surface area contributed by atoms with Gasteiger partial charge in [-0.05, 0) is 13.0 Å². The Bertz CT molecular complexity index is 560. The number of esters is 1. The summed E-state index contributed by atoms with van der Waals surface area (Å²) in [6.07, 6.45) is 2.91. The van der Waals surface area contributed by atoms with Gasteiger partial charge in [0.05, 0.1) is 17.9 Å². The lowest BCUT2D eigenvalue weighted by Gasteiger charge is -2.13. The number of amides is 1. The van der Waals surface area contributed by atoms with E-state index in [1.807, 2.05) is 24.3 Å². The third-order valence-electron chi connectivity index (χ3n) is 2.82. The Kier molecular flexibility index (Phi) is 3.80. The summed E-state index contributed by atoms with van der Waals surface area (Å²) >= 11 is 0. The Morgan fingerprint density at radius 2 is 2.16 bits per heavy atom. The summed E-state index contributed by atoms with van der Waals surface area (Å²) in [5.41, 5.74) is 1.92. The van der Waals surface area contributed by atoms with Gasteiger partial charge >= 0.3 is 5.97 Å². The number of hydrogen-bond donors (Lipinski definition) is 0. The summed E-state index contributed by atoms with van der Waals surface area (Å²) in [4.78, 5) is 25.4. The summed E-state index contributed by atoms with van der Waals surface area (Å²) < 4.78 is 4.86. The fraction of sp³-hybridized carbons (Fsp3) is 0.200. The van der Waals surface area contributed by atoms with Crippen LogP contribution in [0, 0.1) is 0 Å². The lowest BCUT2D eigenvalue weighted by molar-refractivity contribution is -0.137. The minimum absolute atomic E-state index is 0.200. The van der Waals surface area contributed by atoms with Crippen molar-refractivity contribution in [2.75, 3.05) is 18.1 Å². The van der Waals surface area contributed by atoms with Crippen LogP contribution in [0.4, 0.5) is 5.69 Å². The van der Waals surface area contributed by atoms with Crippen LogP contribution in [0.1, 0.15) is 12.5 Å². The zero-order valence-electron chi connectivity index (χ0n) is 10.8. The van der Waals surface area contributed by atoms with Crippen LogP contribution in [-0.2, 0) is 14.3 Å². The molecule has 98 valence electrons. The Hall–Kier alpha value is -2.36. The van der Waals surface area contributed by atoms with Crippen LogP contribution in [0.5, 0.6) is 0 Å². The van der Waals surface area contributed by atoms with Gasteiger partial charge in [-0.15, -0.1) is 6.58 Å². The number of anilines is 1. The average molecular weight is 257 g/mol. The summed E-state index contributed by atoms with van der Waals surface area (Å²) in [7, 11) is 0. The molecule has 4 heteroatoms. The van der Waals surface area contributed by atoms with Gasteiger partial charge in [0.2, 0.25) is 0 Å². The molecule has 0 fully saturated rings. The van der Waals surface area contributed by atoms with Gasteiger partial charge in [0.1, 0.15) is 0 Å². The van der Waals surface area contributed by atoms with E-state index in [0.29, 0.717) is 12.1 Å². The van der Waals surface area contributed by atoms with Crippen molar-refractivity contribution < 1.29 is 14.3 Å². The highest BCUT2D eigenvalue weighted by Gasteiger charge is 2.31. The lowest BCUT2D eigenvalue weighted by Crippen LogP contribution is -2.26. The van der Waals surface area contributed by atoms with E-state index in [2.05, 4.69) is 6.58 Å². The quantitative estimate of drug-likeness (QED) is 0.472. The molecule has 4 nitrogen and oxygen atoms in total. The highest BCUT2D eigenvalue weighted by atomic mass is 16.5. The van der Waals surface area contributed by atoms with E-state index < -0.39 is 5.97 Å². The Morgan fingerprint density at radius 3 is 2.84 bits per heavy atom. The molecule has 1 aromatic rings. The lowest BCUT2D eigenvalue weighted by atomic mass is 10.1. The maximum Gasteiger partial charge on any atom is 0.331 e. The molecule has 1 heterocycles. The summed E-state index contributed by atoms with van der Waals surface area (Å²) in [6, 6.07) is 7.36. The van der Waals surface area contributed by atoms with Crippen LogP contribution in [0.15, 0.2) is 43.0 Å². The zero-order valence-corrected chi connectivity index (χ0v) is 10.8. The normalized spacial score (nSPS) is 15.5. The predicted octanol–water partition coefficient (Wildman–Crippen LogP) is 2.17. The molecule has 1 amide bonds. The standard InChI is InChI=1S/C15H15NO3/c1-3-9-16-13-8-6-5-7-11(13)12(15(16)18)10-14(17)19-4-2/h3,5-8,10H,1,4,9H2,2H3/b12-10+. The Balaban J connectivity index is 2.44. The van der Waals surface area contributed by atoms with Crippen molar-refractivity contribution >= 4 is 23.1 Å². The summed E-state index contributed by atoms with van der Waals surface area (Å²) in [5, 5.41) is 0. The minimum atomic E-state index is -0.499. The number of para-hydroxylation sites is 1. The zero-order chi connectivity index (χ0) is 13.8. The number of ether oxygens (including phenoxy) is 1. The first-order valence-corrected chi connectivity index (χ1v) is 6.09. The molecule has 0 atom stereocenters. The third kappa shape index (κ3) is 2.42. The summed E-state index contributed by atoms with van der Waals surface area (Å²) in [5.74, 6) is -0.699. The van der Waals surface area contributed by atoms with Gasteiger partial charge in [-0.1, -0.05) is 24.3 Å².